The van der Waals surface area contributed by atoms with Gasteiger partial charge in [0.15, 0.2) is 0 Å². The molecule has 0 saturated carbocycles. The average molecular weight is 236 g/mol. The van der Waals surface area contributed by atoms with Crippen molar-refractivity contribution in [2.45, 2.75) is 32.5 Å². The van der Waals surface area contributed by atoms with Gasteiger partial charge in [0.2, 0.25) is 0 Å². The van der Waals surface area contributed by atoms with E-state index in [0.29, 0.717) is 0 Å². The molecule has 1 N–H and O–H groups in total. The molecule has 0 bridgehead atoms. The van der Waals surface area contributed by atoms with Gasteiger partial charge in [0.1, 0.15) is 5.82 Å². The van der Waals surface area contributed by atoms with E-state index >= 15 is 0 Å². The maximum atomic E-state index is 9.77. The molecule has 1 aliphatic rings. The van der Waals surface area contributed by atoms with E-state index in [1.807, 2.05) is 12.1 Å². The van der Waals surface area contributed by atoms with E-state index in [1.165, 1.54) is 0 Å². The minimum Gasteiger partial charge on any atom is -0.389 e. The third-order valence-corrected chi connectivity index (χ3v) is 3.02. The molecule has 4 nitrogen and oxygen atoms in total. The van der Waals surface area contributed by atoms with Crippen LogP contribution in [0.3, 0.4) is 0 Å². The van der Waals surface area contributed by atoms with Crippen molar-refractivity contribution in [1.29, 1.82) is 0 Å². The lowest BCUT2D eigenvalue weighted by Gasteiger charge is -2.26. The number of rotatable bonds is 2. The lowest BCUT2D eigenvalue weighted by molar-refractivity contribution is 0.0820. The van der Waals surface area contributed by atoms with Crippen molar-refractivity contribution in [2.75, 3.05) is 24.6 Å². The summed E-state index contributed by atoms with van der Waals surface area (Å²) in [5.74, 6) is 0.889. The van der Waals surface area contributed by atoms with Gasteiger partial charge in [-0.3, -0.25) is 0 Å². The number of anilines is 1. The highest BCUT2D eigenvalue weighted by atomic mass is 16.5. The second-order valence-corrected chi connectivity index (χ2v) is 4.57. The van der Waals surface area contributed by atoms with Crippen LogP contribution in [0.4, 0.5) is 5.82 Å². The predicted octanol–water partition coefficient (Wildman–Crippen LogP) is 1.75. The summed E-state index contributed by atoms with van der Waals surface area (Å²) in [4.78, 5) is 6.62. The fraction of sp³-hybridized carbons (Fsp3) is 0.615. The van der Waals surface area contributed by atoms with Gasteiger partial charge in [0.25, 0.3) is 0 Å². The molecule has 94 valence electrons. The quantitative estimate of drug-likeness (QED) is 0.849. The Hall–Kier alpha value is -1.13. The molecule has 0 aliphatic carbocycles. The summed E-state index contributed by atoms with van der Waals surface area (Å²) in [7, 11) is 0. The van der Waals surface area contributed by atoms with Gasteiger partial charge in [-0.05, 0) is 26.3 Å². The summed E-state index contributed by atoms with van der Waals surface area (Å²) in [5.41, 5.74) is 0.890. The van der Waals surface area contributed by atoms with Crippen molar-refractivity contribution >= 4 is 5.82 Å². The SMILES string of the molecule is CC1CN(c2ncccc2[C@H](C)O)CCCO1. The third kappa shape index (κ3) is 2.96. The lowest BCUT2D eigenvalue weighted by atomic mass is 10.1. The fourth-order valence-corrected chi connectivity index (χ4v) is 2.19. The number of hydrogen-bond acceptors (Lipinski definition) is 4. The lowest BCUT2D eigenvalue weighted by Crippen LogP contribution is -2.31. The van der Waals surface area contributed by atoms with Crippen LogP contribution in [0.2, 0.25) is 0 Å². The van der Waals surface area contributed by atoms with Crippen LogP contribution >= 0.6 is 0 Å². The molecule has 0 aromatic carbocycles. The molecule has 1 aliphatic heterocycles. The first-order valence-corrected chi connectivity index (χ1v) is 6.18. The van der Waals surface area contributed by atoms with Crippen molar-refractivity contribution in [1.82, 2.24) is 4.98 Å². The molecule has 2 rings (SSSR count). The Bertz CT molecular complexity index is 368. The molecule has 1 saturated heterocycles. The molecule has 1 aromatic rings. The van der Waals surface area contributed by atoms with E-state index in [2.05, 4.69) is 16.8 Å². The maximum Gasteiger partial charge on any atom is 0.134 e. The Balaban J connectivity index is 2.25. The largest absolute Gasteiger partial charge is 0.389 e. The van der Waals surface area contributed by atoms with E-state index in [1.54, 1.807) is 13.1 Å². The minimum absolute atomic E-state index is 0.210. The Kier molecular flexibility index (Phi) is 3.97. The first kappa shape index (κ1) is 12.3. The molecular formula is C13H20N2O2. The van der Waals surface area contributed by atoms with Crippen LogP contribution in [0.5, 0.6) is 0 Å². The maximum absolute atomic E-state index is 9.77. The molecule has 2 heterocycles. The Morgan fingerprint density at radius 1 is 1.59 bits per heavy atom. The van der Waals surface area contributed by atoms with E-state index < -0.39 is 6.10 Å². The van der Waals surface area contributed by atoms with Gasteiger partial charge in [-0.1, -0.05) is 6.07 Å². The monoisotopic (exact) mass is 236 g/mol. The zero-order valence-corrected chi connectivity index (χ0v) is 10.5. The van der Waals surface area contributed by atoms with Gasteiger partial charge in [0, 0.05) is 31.5 Å². The zero-order chi connectivity index (χ0) is 12.3. The van der Waals surface area contributed by atoms with Crippen LogP contribution in [-0.4, -0.2) is 35.9 Å². The Morgan fingerprint density at radius 2 is 2.41 bits per heavy atom. The number of aliphatic hydroxyl groups excluding tert-OH is 1. The van der Waals surface area contributed by atoms with Gasteiger partial charge in [-0.25, -0.2) is 4.98 Å². The van der Waals surface area contributed by atoms with E-state index in [4.69, 9.17) is 4.74 Å². The fourth-order valence-electron chi connectivity index (χ4n) is 2.19. The standard InChI is InChI=1S/C13H20N2O2/c1-10-9-15(7-4-8-17-10)13-12(11(2)16)5-3-6-14-13/h3,5-6,10-11,16H,4,7-9H2,1-2H3/t10?,11-/m0/s1. The van der Waals surface area contributed by atoms with Crippen LogP contribution in [0.1, 0.15) is 31.9 Å². The topological polar surface area (TPSA) is 45.6 Å². The van der Waals surface area contributed by atoms with Gasteiger partial charge >= 0.3 is 0 Å². The molecular weight excluding hydrogens is 216 g/mol. The molecule has 0 radical (unpaired) electrons. The highest BCUT2D eigenvalue weighted by Gasteiger charge is 2.20. The highest BCUT2D eigenvalue weighted by molar-refractivity contribution is 5.48. The molecule has 0 spiro atoms. The first-order chi connectivity index (χ1) is 8.18. The van der Waals surface area contributed by atoms with Crippen molar-refractivity contribution in [3.63, 3.8) is 0 Å². The number of aliphatic hydroxyl groups is 1. The van der Waals surface area contributed by atoms with Crippen molar-refractivity contribution < 1.29 is 9.84 Å². The van der Waals surface area contributed by atoms with Crippen LogP contribution in [0.25, 0.3) is 0 Å². The van der Waals surface area contributed by atoms with Gasteiger partial charge < -0.3 is 14.7 Å². The highest BCUT2D eigenvalue weighted by Crippen LogP contribution is 2.25. The molecule has 0 amide bonds. The predicted molar refractivity (Wildman–Crippen MR) is 67.1 cm³/mol. The number of ether oxygens (including phenoxy) is 1. The van der Waals surface area contributed by atoms with Crippen LogP contribution in [0.15, 0.2) is 18.3 Å². The van der Waals surface area contributed by atoms with E-state index in [-0.39, 0.29) is 6.10 Å². The Morgan fingerprint density at radius 3 is 3.18 bits per heavy atom. The summed E-state index contributed by atoms with van der Waals surface area (Å²) in [6.45, 7) is 6.41. The number of nitrogens with zero attached hydrogens (tertiary/aromatic N) is 2. The average Bonchev–Trinajstić information content (AvgIpc) is 2.54. The van der Waals surface area contributed by atoms with Crippen molar-refractivity contribution in [3.05, 3.63) is 23.9 Å². The van der Waals surface area contributed by atoms with Gasteiger partial charge in [0.05, 0.1) is 12.2 Å². The summed E-state index contributed by atoms with van der Waals surface area (Å²) < 4.78 is 5.62. The van der Waals surface area contributed by atoms with Crippen LogP contribution in [-0.2, 0) is 4.74 Å². The Labute approximate surface area is 102 Å². The molecule has 1 aromatic heterocycles. The summed E-state index contributed by atoms with van der Waals surface area (Å²) in [6, 6.07) is 3.80. The zero-order valence-electron chi connectivity index (χ0n) is 10.5. The van der Waals surface area contributed by atoms with Crippen molar-refractivity contribution in [3.8, 4) is 0 Å². The normalized spacial score (nSPS) is 23.2. The third-order valence-electron chi connectivity index (χ3n) is 3.02. The summed E-state index contributed by atoms with van der Waals surface area (Å²) in [6.07, 6.45) is 2.50. The molecule has 1 fully saturated rings. The smallest absolute Gasteiger partial charge is 0.134 e. The summed E-state index contributed by atoms with van der Waals surface area (Å²) >= 11 is 0. The summed E-state index contributed by atoms with van der Waals surface area (Å²) in [5, 5.41) is 9.77. The van der Waals surface area contributed by atoms with Gasteiger partial charge in [-0.2, -0.15) is 0 Å². The number of aromatic nitrogens is 1. The molecule has 1 unspecified atom stereocenters. The molecule has 17 heavy (non-hydrogen) atoms. The van der Waals surface area contributed by atoms with Gasteiger partial charge in [-0.15, -0.1) is 0 Å². The second kappa shape index (κ2) is 5.47. The van der Waals surface area contributed by atoms with Crippen LogP contribution in [0, 0.1) is 0 Å². The van der Waals surface area contributed by atoms with E-state index in [0.717, 1.165) is 37.5 Å². The molecule has 2 atom stereocenters. The number of pyridine rings is 1. The minimum atomic E-state index is -0.488. The van der Waals surface area contributed by atoms with Crippen molar-refractivity contribution in [2.24, 2.45) is 0 Å². The molecule has 4 heteroatoms. The van der Waals surface area contributed by atoms with Crippen LogP contribution < -0.4 is 4.90 Å². The number of hydrogen-bond donors (Lipinski definition) is 1. The first-order valence-electron chi connectivity index (χ1n) is 6.18. The second-order valence-electron chi connectivity index (χ2n) is 4.57. The van der Waals surface area contributed by atoms with E-state index in [9.17, 15) is 5.11 Å².